The average Bonchev–Trinajstić information content (AvgIpc) is 3.12. The van der Waals surface area contributed by atoms with Crippen LogP contribution in [0.25, 0.3) is 0 Å². The van der Waals surface area contributed by atoms with E-state index in [4.69, 9.17) is 15.2 Å². The molecule has 2 aliphatic carbocycles. The Morgan fingerprint density at radius 2 is 1.26 bits per heavy atom. The third-order valence-electron chi connectivity index (χ3n) is 16.4. The fourth-order valence-corrected chi connectivity index (χ4v) is 10.2. The van der Waals surface area contributed by atoms with Crippen molar-refractivity contribution in [1.29, 1.82) is 0 Å². The normalized spacial score (nSPS) is 24.5. The lowest BCUT2D eigenvalue weighted by molar-refractivity contribution is -0.183. The number of thiol groups is 1. The third-order valence-corrected chi connectivity index (χ3v) is 16.8. The summed E-state index contributed by atoms with van der Waals surface area (Å²) >= 11 is 4.53. The van der Waals surface area contributed by atoms with Crippen LogP contribution in [0.3, 0.4) is 0 Å². The van der Waals surface area contributed by atoms with E-state index in [-0.39, 0.29) is 28.0 Å². The number of ether oxygens (including phenoxy) is 2. The Morgan fingerprint density at radius 1 is 0.754 bits per heavy atom. The van der Waals surface area contributed by atoms with Gasteiger partial charge in [-0.05, 0) is 157 Å². The predicted octanol–water partition coefficient (Wildman–Crippen LogP) is 12.9. The van der Waals surface area contributed by atoms with Crippen molar-refractivity contribution in [3.63, 3.8) is 0 Å². The molecule has 2 rings (SSSR count). The second kappa shape index (κ2) is 22.2. The van der Waals surface area contributed by atoms with Crippen LogP contribution in [0.4, 0.5) is 0 Å². The van der Waals surface area contributed by atoms with Crippen molar-refractivity contribution in [2.24, 2.45) is 56.0 Å². The molecule has 0 aliphatic heterocycles. The summed E-state index contributed by atoms with van der Waals surface area (Å²) in [4.78, 5) is 28.9. The van der Waals surface area contributed by atoms with Gasteiger partial charge in [0, 0.05) is 17.3 Å². The minimum Gasteiger partial charge on any atom is -0.465 e. The molecular formula is C50H94N2O4S. The SMILES string of the molecule is C=C(CCCOC(=O)C(C)(CC(C)(C)C(C)CCCC)C(C)(C)C(C)(C)CC(C)(C(=O)OCCCNC1CCC(CC2CCC(N)CC2)CC1)C(C)(C)C)C(C)S. The topological polar surface area (TPSA) is 90.7 Å². The number of nitrogens with two attached hydrogens (primary N) is 1. The number of carbonyl (C=O) groups is 2. The molecule has 7 heteroatoms. The van der Waals surface area contributed by atoms with Gasteiger partial charge in [0.1, 0.15) is 0 Å². The first-order valence-corrected chi connectivity index (χ1v) is 23.9. The van der Waals surface area contributed by atoms with Crippen LogP contribution >= 0.6 is 12.6 Å². The molecule has 0 bridgehead atoms. The maximum Gasteiger partial charge on any atom is 0.312 e. The smallest absolute Gasteiger partial charge is 0.312 e. The molecule has 0 spiro atoms. The summed E-state index contributed by atoms with van der Waals surface area (Å²) < 4.78 is 12.4. The lowest BCUT2D eigenvalue weighted by Crippen LogP contribution is -2.56. The number of rotatable bonds is 24. The summed E-state index contributed by atoms with van der Waals surface area (Å²) in [6.07, 6.45) is 18.6. The third kappa shape index (κ3) is 14.5. The van der Waals surface area contributed by atoms with Gasteiger partial charge < -0.3 is 20.5 Å². The van der Waals surface area contributed by atoms with Crippen molar-refractivity contribution in [1.82, 2.24) is 5.32 Å². The van der Waals surface area contributed by atoms with E-state index in [9.17, 15) is 9.59 Å². The molecule has 57 heavy (non-hydrogen) atoms. The van der Waals surface area contributed by atoms with E-state index in [2.05, 4.69) is 115 Å². The lowest BCUT2D eigenvalue weighted by Gasteiger charge is -2.57. The molecule has 0 saturated heterocycles. The highest BCUT2D eigenvalue weighted by Crippen LogP contribution is 2.62. The van der Waals surface area contributed by atoms with Gasteiger partial charge >= 0.3 is 11.9 Å². The predicted molar refractivity (Wildman–Crippen MR) is 247 cm³/mol. The largest absolute Gasteiger partial charge is 0.465 e. The van der Waals surface area contributed by atoms with Crippen molar-refractivity contribution >= 4 is 24.6 Å². The van der Waals surface area contributed by atoms with Crippen LogP contribution in [-0.2, 0) is 19.1 Å². The molecular weight excluding hydrogens is 725 g/mol. The molecule has 2 aliphatic rings. The zero-order valence-corrected chi connectivity index (χ0v) is 40.9. The average molecular weight is 819 g/mol. The van der Waals surface area contributed by atoms with E-state index in [0.29, 0.717) is 44.1 Å². The summed E-state index contributed by atoms with van der Waals surface area (Å²) in [5, 5.41) is 3.90. The Kier molecular flexibility index (Phi) is 20.3. The van der Waals surface area contributed by atoms with Crippen LogP contribution < -0.4 is 11.1 Å². The highest BCUT2D eigenvalue weighted by molar-refractivity contribution is 7.81. The zero-order chi connectivity index (χ0) is 43.5. The van der Waals surface area contributed by atoms with Crippen molar-refractivity contribution in [2.75, 3.05) is 19.8 Å². The first kappa shape index (κ1) is 52.1. The minimum atomic E-state index is -0.814. The van der Waals surface area contributed by atoms with Crippen molar-refractivity contribution in [2.45, 2.75) is 223 Å². The Balaban J connectivity index is 2.14. The Morgan fingerprint density at radius 3 is 1.77 bits per heavy atom. The molecule has 0 aromatic rings. The number of nitrogens with one attached hydrogen (secondary N) is 1. The van der Waals surface area contributed by atoms with Crippen molar-refractivity contribution in [3.8, 4) is 0 Å². The number of carbonyl (C=O) groups excluding carboxylic acids is 2. The quantitative estimate of drug-likeness (QED) is 0.0389. The van der Waals surface area contributed by atoms with Gasteiger partial charge in [-0.2, -0.15) is 12.6 Å². The van der Waals surface area contributed by atoms with E-state index < -0.39 is 21.7 Å². The van der Waals surface area contributed by atoms with Gasteiger partial charge in [-0.1, -0.05) is 108 Å². The minimum absolute atomic E-state index is 0.101. The van der Waals surface area contributed by atoms with E-state index in [0.717, 1.165) is 56.1 Å². The Hall–Kier alpha value is -1.05. The second-order valence-electron chi connectivity index (χ2n) is 22.6. The van der Waals surface area contributed by atoms with Crippen LogP contribution in [0.1, 0.15) is 206 Å². The van der Waals surface area contributed by atoms with E-state index in [1.165, 1.54) is 64.2 Å². The summed E-state index contributed by atoms with van der Waals surface area (Å²) in [5.41, 5.74) is 4.17. The molecule has 0 aromatic heterocycles. The number of hydrogen-bond acceptors (Lipinski definition) is 7. The van der Waals surface area contributed by atoms with Gasteiger partial charge in [0.25, 0.3) is 0 Å². The zero-order valence-electron chi connectivity index (χ0n) is 40.0. The first-order valence-electron chi connectivity index (χ1n) is 23.4. The molecule has 2 fully saturated rings. The van der Waals surface area contributed by atoms with Crippen molar-refractivity contribution in [3.05, 3.63) is 12.2 Å². The van der Waals surface area contributed by atoms with E-state index in [1.54, 1.807) is 0 Å². The van der Waals surface area contributed by atoms with Gasteiger partial charge in [0.05, 0.1) is 24.0 Å². The fourth-order valence-electron chi connectivity index (χ4n) is 10.1. The van der Waals surface area contributed by atoms with Crippen LogP contribution in [-0.4, -0.2) is 49.0 Å². The molecule has 0 aromatic carbocycles. The molecule has 3 N–H and O–H groups in total. The van der Waals surface area contributed by atoms with Gasteiger partial charge in [-0.25, -0.2) is 0 Å². The van der Waals surface area contributed by atoms with Crippen molar-refractivity contribution < 1.29 is 19.1 Å². The van der Waals surface area contributed by atoms with Crippen LogP contribution in [0.2, 0.25) is 0 Å². The first-order chi connectivity index (χ1) is 26.2. The summed E-state index contributed by atoms with van der Waals surface area (Å²) in [6.45, 7) is 36.7. The monoisotopic (exact) mass is 819 g/mol. The summed E-state index contributed by atoms with van der Waals surface area (Å²) in [6, 6.07) is 0.998. The van der Waals surface area contributed by atoms with Crippen LogP contribution in [0.15, 0.2) is 12.2 Å². The molecule has 0 amide bonds. The number of hydrogen-bond donors (Lipinski definition) is 3. The highest BCUT2D eigenvalue weighted by Gasteiger charge is 2.60. The van der Waals surface area contributed by atoms with Crippen LogP contribution in [0.5, 0.6) is 0 Å². The molecule has 2 saturated carbocycles. The maximum atomic E-state index is 14.6. The summed E-state index contributed by atoms with van der Waals surface area (Å²) in [5.74, 6) is 1.91. The lowest BCUT2D eigenvalue weighted by atomic mass is 9.46. The van der Waals surface area contributed by atoms with Gasteiger partial charge in [-0.3, -0.25) is 9.59 Å². The fraction of sp³-hybridized carbons (Fsp3) is 0.920. The highest BCUT2D eigenvalue weighted by atomic mass is 32.1. The molecule has 4 unspecified atom stereocenters. The molecule has 334 valence electrons. The number of esters is 2. The van der Waals surface area contributed by atoms with Crippen LogP contribution in [0, 0.1) is 50.2 Å². The van der Waals surface area contributed by atoms with Gasteiger partial charge in [-0.15, -0.1) is 0 Å². The standard InChI is InChI=1S/C50H94N2O4S/c1-16-17-21-37(3)46(8,9)34-50(15,44(54)55-31-18-20-36(2)38(4)57)48(12,13)47(10,11)35-49(14,45(5,6)7)43(53)56-32-19-30-52-42-28-24-40(25-29-42)33-39-22-26-41(51)27-23-39/h37-42,52,57H,2,16-35,51H2,1,3-15H3. The maximum absolute atomic E-state index is 14.6. The van der Waals surface area contributed by atoms with E-state index >= 15 is 0 Å². The summed E-state index contributed by atoms with van der Waals surface area (Å²) in [7, 11) is 0. The number of unbranched alkanes of at least 4 members (excludes halogenated alkanes) is 1. The second-order valence-corrected chi connectivity index (χ2v) is 23.3. The molecule has 0 heterocycles. The Bertz CT molecular complexity index is 1240. The Labute approximate surface area is 359 Å². The van der Waals surface area contributed by atoms with Gasteiger partial charge in [0.15, 0.2) is 0 Å². The van der Waals surface area contributed by atoms with Gasteiger partial charge in [0.2, 0.25) is 0 Å². The molecule has 4 atom stereocenters. The molecule has 6 nitrogen and oxygen atoms in total. The molecule has 0 radical (unpaired) electrons. The van der Waals surface area contributed by atoms with E-state index in [1.807, 2.05) is 6.92 Å².